The van der Waals surface area contributed by atoms with Crippen molar-refractivity contribution in [1.29, 1.82) is 0 Å². The lowest BCUT2D eigenvalue weighted by Crippen LogP contribution is -2.28. The molecule has 3 aromatic rings. The van der Waals surface area contributed by atoms with E-state index in [1.165, 1.54) is 5.56 Å². The summed E-state index contributed by atoms with van der Waals surface area (Å²) in [5.74, 6) is -0.0691. The number of rotatable bonds is 8. The molecule has 3 rings (SSSR count). The number of amides is 1. The Morgan fingerprint density at radius 1 is 1.07 bits per heavy atom. The summed E-state index contributed by atoms with van der Waals surface area (Å²) in [5.41, 5.74) is 3.72. The summed E-state index contributed by atoms with van der Waals surface area (Å²) >= 11 is 0. The Morgan fingerprint density at radius 2 is 1.74 bits per heavy atom. The van der Waals surface area contributed by atoms with Crippen LogP contribution in [-0.2, 0) is 6.54 Å². The number of nitrogens with one attached hydrogen (secondary N) is 1. The fourth-order valence-corrected chi connectivity index (χ4v) is 3.08. The Balaban J connectivity index is 1.47. The van der Waals surface area contributed by atoms with Crippen LogP contribution < -0.4 is 5.32 Å². The van der Waals surface area contributed by atoms with Crippen LogP contribution in [0.2, 0.25) is 0 Å². The minimum Gasteiger partial charge on any atom is -0.352 e. The lowest BCUT2D eigenvalue weighted by atomic mass is 10.2. The molecule has 0 atom stereocenters. The van der Waals surface area contributed by atoms with E-state index in [0.29, 0.717) is 12.1 Å². The summed E-state index contributed by atoms with van der Waals surface area (Å²) < 4.78 is 1.79. The van der Waals surface area contributed by atoms with E-state index in [1.54, 1.807) is 10.9 Å². The van der Waals surface area contributed by atoms with Crippen molar-refractivity contribution in [3.63, 3.8) is 0 Å². The van der Waals surface area contributed by atoms with E-state index in [9.17, 15) is 4.79 Å². The highest BCUT2D eigenvalue weighted by atomic mass is 16.1. The van der Waals surface area contributed by atoms with Crippen molar-refractivity contribution >= 4 is 5.91 Å². The third kappa shape index (κ3) is 5.05. The maximum Gasteiger partial charge on any atom is 0.254 e. The van der Waals surface area contributed by atoms with Crippen molar-refractivity contribution < 1.29 is 4.79 Å². The number of benzene rings is 2. The average molecular weight is 362 g/mol. The van der Waals surface area contributed by atoms with Gasteiger partial charge >= 0.3 is 0 Å². The predicted molar refractivity (Wildman–Crippen MR) is 108 cm³/mol. The van der Waals surface area contributed by atoms with Crippen LogP contribution in [0.4, 0.5) is 0 Å². The molecule has 27 heavy (non-hydrogen) atoms. The van der Waals surface area contributed by atoms with Crippen molar-refractivity contribution in [3.8, 4) is 5.69 Å². The Kier molecular flexibility index (Phi) is 6.39. The van der Waals surface area contributed by atoms with Crippen molar-refractivity contribution in [2.75, 3.05) is 20.1 Å². The van der Waals surface area contributed by atoms with Gasteiger partial charge in [0.1, 0.15) is 0 Å². The minimum atomic E-state index is -0.0691. The largest absolute Gasteiger partial charge is 0.352 e. The summed E-state index contributed by atoms with van der Waals surface area (Å²) in [4.78, 5) is 14.7. The minimum absolute atomic E-state index is 0.0691. The van der Waals surface area contributed by atoms with Crippen LogP contribution in [-0.4, -0.2) is 40.7 Å². The third-order valence-electron chi connectivity index (χ3n) is 4.55. The van der Waals surface area contributed by atoms with Crippen molar-refractivity contribution in [2.45, 2.75) is 19.9 Å². The van der Waals surface area contributed by atoms with Gasteiger partial charge in [0, 0.05) is 13.1 Å². The standard InChI is InChI=1S/C22H26N4O/c1-18-21(16-24-26(18)20-12-7-4-8-13-20)22(27)23-14-9-15-25(2)17-19-10-5-3-6-11-19/h3-8,10-13,16H,9,14-15,17H2,1-2H3,(H,23,27). The van der Waals surface area contributed by atoms with Crippen LogP contribution in [0.1, 0.15) is 28.0 Å². The topological polar surface area (TPSA) is 50.2 Å². The molecular weight excluding hydrogens is 336 g/mol. The predicted octanol–water partition coefficient (Wildman–Crippen LogP) is 3.43. The van der Waals surface area contributed by atoms with Gasteiger partial charge in [-0.05, 0) is 44.6 Å². The molecule has 0 saturated heterocycles. The van der Waals surface area contributed by atoms with Crippen LogP contribution in [0.5, 0.6) is 0 Å². The fourth-order valence-electron chi connectivity index (χ4n) is 3.08. The SMILES string of the molecule is Cc1c(C(=O)NCCCN(C)Cc2ccccc2)cnn1-c1ccccc1. The van der Waals surface area contributed by atoms with Gasteiger partial charge in [0.2, 0.25) is 0 Å². The molecule has 0 fully saturated rings. The van der Waals surface area contributed by atoms with E-state index < -0.39 is 0 Å². The molecule has 0 aliphatic heterocycles. The zero-order chi connectivity index (χ0) is 19.1. The zero-order valence-electron chi connectivity index (χ0n) is 15.9. The normalized spacial score (nSPS) is 10.9. The number of para-hydroxylation sites is 1. The van der Waals surface area contributed by atoms with Crippen molar-refractivity contribution in [1.82, 2.24) is 20.0 Å². The third-order valence-corrected chi connectivity index (χ3v) is 4.55. The molecule has 140 valence electrons. The molecule has 0 bridgehead atoms. The average Bonchev–Trinajstić information content (AvgIpc) is 3.08. The van der Waals surface area contributed by atoms with Gasteiger partial charge in [0.15, 0.2) is 0 Å². The van der Waals surface area contributed by atoms with Crippen molar-refractivity contribution in [2.24, 2.45) is 0 Å². The lowest BCUT2D eigenvalue weighted by Gasteiger charge is -2.16. The van der Waals surface area contributed by atoms with E-state index >= 15 is 0 Å². The van der Waals surface area contributed by atoms with Crippen LogP contribution in [0.25, 0.3) is 5.69 Å². The van der Waals surface area contributed by atoms with Gasteiger partial charge < -0.3 is 10.2 Å². The summed E-state index contributed by atoms with van der Waals surface area (Å²) in [7, 11) is 2.10. The number of nitrogens with zero attached hydrogens (tertiary/aromatic N) is 3. The number of hydrogen-bond acceptors (Lipinski definition) is 3. The summed E-state index contributed by atoms with van der Waals surface area (Å²) in [6.07, 6.45) is 2.54. The van der Waals surface area contributed by atoms with Crippen LogP contribution in [0.3, 0.4) is 0 Å². The zero-order valence-corrected chi connectivity index (χ0v) is 15.9. The molecule has 1 heterocycles. The second kappa shape index (κ2) is 9.14. The molecule has 5 heteroatoms. The Hall–Kier alpha value is -2.92. The smallest absolute Gasteiger partial charge is 0.254 e. The first kappa shape index (κ1) is 18.9. The lowest BCUT2D eigenvalue weighted by molar-refractivity contribution is 0.0951. The Labute approximate surface area is 160 Å². The Morgan fingerprint density at radius 3 is 2.44 bits per heavy atom. The van der Waals surface area contributed by atoms with Gasteiger partial charge in [0.05, 0.1) is 23.1 Å². The van der Waals surface area contributed by atoms with Gasteiger partial charge in [-0.15, -0.1) is 0 Å². The van der Waals surface area contributed by atoms with Gasteiger partial charge in [-0.2, -0.15) is 5.10 Å². The molecule has 1 aromatic heterocycles. The Bertz CT molecular complexity index is 859. The first-order valence-electron chi connectivity index (χ1n) is 9.26. The molecule has 0 radical (unpaired) electrons. The molecule has 0 aliphatic rings. The fraction of sp³-hybridized carbons (Fsp3) is 0.273. The number of hydrogen-bond donors (Lipinski definition) is 1. The van der Waals surface area contributed by atoms with Crippen LogP contribution >= 0.6 is 0 Å². The van der Waals surface area contributed by atoms with E-state index in [0.717, 1.165) is 30.9 Å². The van der Waals surface area contributed by atoms with Gasteiger partial charge in [-0.3, -0.25) is 4.79 Å². The molecular formula is C22H26N4O. The van der Waals surface area contributed by atoms with Gasteiger partial charge in [-0.1, -0.05) is 48.5 Å². The molecule has 5 nitrogen and oxygen atoms in total. The second-order valence-corrected chi connectivity index (χ2v) is 6.72. The highest BCUT2D eigenvalue weighted by molar-refractivity contribution is 5.95. The van der Waals surface area contributed by atoms with Crippen molar-refractivity contribution in [3.05, 3.63) is 83.7 Å². The highest BCUT2D eigenvalue weighted by Gasteiger charge is 2.14. The second-order valence-electron chi connectivity index (χ2n) is 6.72. The summed E-state index contributed by atoms with van der Waals surface area (Å²) in [5, 5.41) is 7.36. The maximum absolute atomic E-state index is 12.5. The maximum atomic E-state index is 12.5. The molecule has 1 N–H and O–H groups in total. The van der Waals surface area contributed by atoms with E-state index in [2.05, 4.69) is 46.6 Å². The molecule has 0 saturated carbocycles. The molecule has 0 spiro atoms. The number of carbonyl (C=O) groups is 1. The quantitative estimate of drug-likeness (QED) is 0.625. The summed E-state index contributed by atoms with van der Waals surface area (Å²) in [6.45, 7) is 4.41. The van der Waals surface area contributed by atoms with E-state index in [1.807, 2.05) is 43.3 Å². The van der Waals surface area contributed by atoms with Crippen LogP contribution in [0, 0.1) is 6.92 Å². The summed E-state index contributed by atoms with van der Waals surface area (Å²) in [6, 6.07) is 20.2. The molecule has 0 unspecified atom stereocenters. The highest BCUT2D eigenvalue weighted by Crippen LogP contribution is 2.13. The van der Waals surface area contributed by atoms with E-state index in [-0.39, 0.29) is 5.91 Å². The molecule has 2 aromatic carbocycles. The number of aromatic nitrogens is 2. The number of carbonyl (C=O) groups excluding carboxylic acids is 1. The van der Waals surface area contributed by atoms with E-state index in [4.69, 9.17) is 0 Å². The van der Waals surface area contributed by atoms with Gasteiger partial charge in [0.25, 0.3) is 5.91 Å². The molecule has 0 aliphatic carbocycles. The van der Waals surface area contributed by atoms with Gasteiger partial charge in [-0.25, -0.2) is 4.68 Å². The van der Waals surface area contributed by atoms with Crippen LogP contribution in [0.15, 0.2) is 66.9 Å². The molecule has 1 amide bonds. The first-order valence-corrected chi connectivity index (χ1v) is 9.26. The first-order chi connectivity index (χ1) is 13.1. The monoisotopic (exact) mass is 362 g/mol.